The number of hydrogen-bond acceptors (Lipinski definition) is 3. The molecule has 0 bridgehead atoms. The highest BCUT2D eigenvalue weighted by molar-refractivity contribution is 5.48. The minimum atomic E-state index is -6.25. The average Bonchev–Trinajstić information content (AvgIpc) is 2.27. The van der Waals surface area contributed by atoms with E-state index in [0.717, 1.165) is 0 Å². The fraction of sp³-hybridized carbons (Fsp3) is 0.400. The van der Waals surface area contributed by atoms with Gasteiger partial charge >= 0.3 is 12.4 Å². The molecular weight excluding hydrogens is 315 g/mol. The van der Waals surface area contributed by atoms with Crippen LogP contribution in [0, 0.1) is 22.9 Å². The van der Waals surface area contributed by atoms with Gasteiger partial charge in [0.15, 0.2) is 0 Å². The summed E-state index contributed by atoms with van der Waals surface area (Å²) in [4.78, 5) is 9.20. The van der Waals surface area contributed by atoms with Gasteiger partial charge in [-0.25, -0.2) is 4.39 Å². The number of nitro groups is 1. The van der Waals surface area contributed by atoms with Crippen LogP contribution >= 0.6 is 0 Å². The summed E-state index contributed by atoms with van der Waals surface area (Å²) < 4.78 is 89.1. The van der Waals surface area contributed by atoms with Gasteiger partial charge in [0, 0.05) is 11.1 Å². The average molecular weight is 321 g/mol. The Morgan fingerprint density at radius 1 is 1.10 bits per heavy atom. The molecule has 0 fully saturated rings. The molecule has 21 heavy (non-hydrogen) atoms. The van der Waals surface area contributed by atoms with Crippen LogP contribution in [0.1, 0.15) is 11.1 Å². The van der Waals surface area contributed by atoms with Crippen molar-refractivity contribution < 1.29 is 40.8 Å². The lowest BCUT2D eigenvalue weighted by atomic mass is 9.88. The van der Waals surface area contributed by atoms with E-state index in [1.807, 2.05) is 0 Å². The maximum absolute atomic E-state index is 13.1. The van der Waals surface area contributed by atoms with E-state index in [0.29, 0.717) is 6.92 Å². The second-order valence-electron chi connectivity index (χ2n) is 4.06. The first-order valence-electron chi connectivity index (χ1n) is 5.04. The van der Waals surface area contributed by atoms with Gasteiger partial charge in [0.05, 0.1) is 11.0 Å². The fourth-order valence-corrected chi connectivity index (χ4v) is 1.70. The molecule has 1 rings (SSSR count). The molecular formula is C10H6F7NO3. The van der Waals surface area contributed by atoms with E-state index in [1.165, 1.54) is 0 Å². The van der Waals surface area contributed by atoms with Crippen molar-refractivity contribution in [2.75, 3.05) is 0 Å². The summed E-state index contributed by atoms with van der Waals surface area (Å²) in [6, 6.07) is -0.0741. The van der Waals surface area contributed by atoms with Crippen LogP contribution < -0.4 is 0 Å². The van der Waals surface area contributed by atoms with Crippen LogP contribution in [0.2, 0.25) is 0 Å². The summed E-state index contributed by atoms with van der Waals surface area (Å²) in [7, 11) is 0. The summed E-state index contributed by atoms with van der Waals surface area (Å²) in [5.74, 6) is -1.71. The van der Waals surface area contributed by atoms with Gasteiger partial charge in [-0.1, -0.05) is 0 Å². The highest BCUT2D eigenvalue weighted by Crippen LogP contribution is 2.51. The summed E-state index contributed by atoms with van der Waals surface area (Å²) in [5.41, 5.74) is -9.85. The molecule has 0 amide bonds. The zero-order valence-electron chi connectivity index (χ0n) is 10.0. The number of benzene rings is 1. The zero-order chi connectivity index (χ0) is 16.8. The normalized spacial score (nSPS) is 13.4. The predicted molar refractivity (Wildman–Crippen MR) is 53.8 cm³/mol. The molecule has 118 valence electrons. The first-order valence-corrected chi connectivity index (χ1v) is 5.04. The third kappa shape index (κ3) is 2.64. The van der Waals surface area contributed by atoms with Crippen LogP contribution in [-0.4, -0.2) is 22.4 Å². The van der Waals surface area contributed by atoms with Crippen molar-refractivity contribution in [3.8, 4) is 0 Å². The van der Waals surface area contributed by atoms with Crippen molar-refractivity contribution in [2.45, 2.75) is 24.9 Å². The summed E-state index contributed by atoms with van der Waals surface area (Å²) >= 11 is 0. The second-order valence-corrected chi connectivity index (χ2v) is 4.06. The van der Waals surface area contributed by atoms with Gasteiger partial charge in [-0.2, -0.15) is 26.3 Å². The minimum absolute atomic E-state index is 0.159. The molecule has 0 unspecified atom stereocenters. The van der Waals surface area contributed by atoms with Gasteiger partial charge in [-0.15, -0.1) is 0 Å². The van der Waals surface area contributed by atoms with Crippen molar-refractivity contribution >= 4 is 5.69 Å². The summed E-state index contributed by atoms with van der Waals surface area (Å²) in [6.45, 7) is 0.551. The number of halogens is 7. The number of nitro benzene ring substituents is 1. The van der Waals surface area contributed by atoms with Crippen LogP contribution in [0.15, 0.2) is 12.1 Å². The molecule has 0 aliphatic heterocycles. The van der Waals surface area contributed by atoms with E-state index in [1.54, 1.807) is 0 Å². The van der Waals surface area contributed by atoms with E-state index in [2.05, 4.69) is 0 Å². The molecule has 0 aliphatic carbocycles. The van der Waals surface area contributed by atoms with E-state index in [4.69, 9.17) is 5.11 Å². The Bertz CT molecular complexity index is 565. The van der Waals surface area contributed by atoms with E-state index in [-0.39, 0.29) is 12.1 Å². The second kappa shape index (κ2) is 4.83. The number of hydrogen-bond donors (Lipinski definition) is 1. The predicted octanol–water partition coefficient (Wildman–Crippen LogP) is 3.35. The van der Waals surface area contributed by atoms with Crippen LogP contribution in [0.25, 0.3) is 0 Å². The highest BCUT2D eigenvalue weighted by Gasteiger charge is 2.72. The lowest BCUT2D eigenvalue weighted by Crippen LogP contribution is -2.54. The Morgan fingerprint density at radius 2 is 1.52 bits per heavy atom. The molecule has 0 radical (unpaired) electrons. The number of nitrogens with zero attached hydrogens (tertiary/aromatic N) is 1. The van der Waals surface area contributed by atoms with Gasteiger partial charge in [0.1, 0.15) is 5.82 Å². The highest BCUT2D eigenvalue weighted by atomic mass is 19.4. The maximum Gasteiger partial charge on any atom is 0.430 e. The number of rotatable bonds is 2. The van der Waals surface area contributed by atoms with Gasteiger partial charge in [-0.05, 0) is 13.0 Å². The maximum atomic E-state index is 13.1. The lowest BCUT2D eigenvalue weighted by Gasteiger charge is -2.33. The van der Waals surface area contributed by atoms with Crippen LogP contribution in [0.3, 0.4) is 0 Å². The molecule has 0 atom stereocenters. The molecule has 1 aromatic rings. The lowest BCUT2D eigenvalue weighted by molar-refractivity contribution is -0.387. The van der Waals surface area contributed by atoms with Gasteiger partial charge in [0.2, 0.25) is 0 Å². The Balaban J connectivity index is 3.82. The van der Waals surface area contributed by atoms with Gasteiger partial charge in [-0.3, -0.25) is 10.1 Å². The molecule has 4 nitrogen and oxygen atoms in total. The first kappa shape index (κ1) is 17.1. The van der Waals surface area contributed by atoms with E-state index >= 15 is 0 Å². The number of alkyl halides is 6. The Labute approximate surface area is 111 Å². The minimum Gasteiger partial charge on any atom is -0.369 e. The summed E-state index contributed by atoms with van der Waals surface area (Å²) in [6.07, 6.45) is -12.5. The largest absolute Gasteiger partial charge is 0.430 e. The van der Waals surface area contributed by atoms with Crippen LogP contribution in [0.5, 0.6) is 0 Å². The van der Waals surface area contributed by atoms with Crippen molar-refractivity contribution in [1.29, 1.82) is 0 Å². The Morgan fingerprint density at radius 3 is 1.86 bits per heavy atom. The standard InChI is InChI=1S/C10H6F7NO3/c1-4-6(2-5(11)3-7(4)18(20)21)8(19,9(12,13)14)10(15,16)17/h2-3,19H,1H3. The summed E-state index contributed by atoms with van der Waals surface area (Å²) in [5, 5.41) is 19.7. The third-order valence-electron chi connectivity index (χ3n) is 2.75. The molecule has 11 heteroatoms. The zero-order valence-corrected chi connectivity index (χ0v) is 10.0. The van der Waals surface area contributed by atoms with Crippen LogP contribution in [-0.2, 0) is 5.60 Å². The van der Waals surface area contributed by atoms with E-state index in [9.17, 15) is 40.8 Å². The molecule has 0 saturated heterocycles. The molecule has 1 aromatic carbocycles. The van der Waals surface area contributed by atoms with Gasteiger partial charge < -0.3 is 5.11 Å². The van der Waals surface area contributed by atoms with Crippen molar-refractivity contribution in [1.82, 2.24) is 0 Å². The number of aliphatic hydroxyl groups is 1. The monoisotopic (exact) mass is 321 g/mol. The van der Waals surface area contributed by atoms with Crippen LogP contribution in [0.4, 0.5) is 36.4 Å². The molecule has 0 aliphatic rings. The quantitative estimate of drug-likeness (QED) is 0.516. The van der Waals surface area contributed by atoms with E-state index < -0.39 is 45.5 Å². The topological polar surface area (TPSA) is 63.4 Å². The van der Waals surface area contributed by atoms with Crippen molar-refractivity contribution in [3.63, 3.8) is 0 Å². The third-order valence-corrected chi connectivity index (χ3v) is 2.75. The molecule has 0 spiro atoms. The van der Waals surface area contributed by atoms with Gasteiger partial charge in [0.25, 0.3) is 11.3 Å². The molecule has 0 heterocycles. The smallest absolute Gasteiger partial charge is 0.369 e. The van der Waals surface area contributed by atoms with Crippen molar-refractivity contribution in [2.24, 2.45) is 0 Å². The molecule has 0 saturated carbocycles. The molecule has 0 aromatic heterocycles. The first-order chi connectivity index (χ1) is 9.23. The molecule has 1 N–H and O–H groups in total. The van der Waals surface area contributed by atoms with Crippen molar-refractivity contribution in [3.05, 3.63) is 39.2 Å². The SMILES string of the molecule is Cc1c([N+](=O)[O-])cc(F)cc1C(O)(C(F)(F)F)C(F)(F)F. The Hall–Kier alpha value is -1.91. The fourth-order valence-electron chi connectivity index (χ4n) is 1.70. The Kier molecular flexibility index (Phi) is 3.94.